The lowest BCUT2D eigenvalue weighted by molar-refractivity contribution is -0.145. The molecule has 4 aliphatic heterocycles. The van der Waals surface area contributed by atoms with E-state index in [-0.39, 0.29) is 54.3 Å². The zero-order valence-corrected chi connectivity index (χ0v) is 46.6. The van der Waals surface area contributed by atoms with E-state index in [0.29, 0.717) is 48.3 Å². The topological polar surface area (TPSA) is 367 Å². The largest absolute Gasteiger partial charge is 0.494 e. The summed E-state index contributed by atoms with van der Waals surface area (Å²) < 4.78 is 21.3. The van der Waals surface area contributed by atoms with Gasteiger partial charge < -0.3 is 57.3 Å². The molecule has 2 unspecified atom stereocenters. The Bertz CT molecular complexity index is 2600. The first-order chi connectivity index (χ1) is 37.5. The van der Waals surface area contributed by atoms with Crippen LogP contribution in [0.5, 0.6) is 5.75 Å². The van der Waals surface area contributed by atoms with E-state index in [1.807, 2.05) is 0 Å². The Labute approximate surface area is 464 Å². The minimum Gasteiger partial charge on any atom is -0.494 e. The maximum atomic E-state index is 15.1. The summed E-state index contributed by atoms with van der Waals surface area (Å²) in [4.78, 5) is 154. The first-order valence-electron chi connectivity index (χ1n) is 26.8. The summed E-state index contributed by atoms with van der Waals surface area (Å²) in [5, 5.41) is 44.2. The van der Waals surface area contributed by atoms with Crippen LogP contribution in [-0.2, 0) is 70.0 Å². The molecule has 0 radical (unpaired) electrons. The number of aliphatic hydroxyl groups excluding tert-OH is 3. The fraction of sp³-hybridized carbons (Fsp3) is 0.642. The van der Waals surface area contributed by atoms with Crippen molar-refractivity contribution in [3.8, 4) is 5.75 Å². The third kappa shape index (κ3) is 15.8. The van der Waals surface area contributed by atoms with Gasteiger partial charge in [0.2, 0.25) is 53.2 Å². The number of rotatable bonds is 16. The van der Waals surface area contributed by atoms with Crippen molar-refractivity contribution >= 4 is 92.9 Å². The van der Waals surface area contributed by atoms with E-state index in [9.17, 15) is 68.1 Å². The Hall–Kier alpha value is -6.09. The highest BCUT2D eigenvalue weighted by molar-refractivity contribution is 8.00. The number of unbranched alkanes of at least 4 members (excludes halogenated alkanes) is 3. The maximum absolute atomic E-state index is 15.1. The van der Waals surface area contributed by atoms with E-state index in [2.05, 4.69) is 26.6 Å². The quantitative estimate of drug-likeness (QED) is 0.0655. The van der Waals surface area contributed by atoms with Crippen LogP contribution in [0.4, 0.5) is 0 Å². The predicted molar refractivity (Wildman–Crippen MR) is 287 cm³/mol. The molecule has 24 nitrogen and oxygen atoms in total. The van der Waals surface area contributed by atoms with Gasteiger partial charge in [0.1, 0.15) is 17.8 Å². The first kappa shape index (κ1) is 62.1. The molecule has 4 heterocycles. The Morgan fingerprint density at radius 2 is 1.56 bits per heavy atom. The third-order valence-corrected chi connectivity index (χ3v) is 18.0. The zero-order chi connectivity index (χ0) is 57.8. The highest BCUT2D eigenvalue weighted by Gasteiger charge is 2.46. The van der Waals surface area contributed by atoms with Crippen molar-refractivity contribution in [2.45, 2.75) is 139 Å². The lowest BCUT2D eigenvalue weighted by Gasteiger charge is -2.32. The monoisotopic (exact) mass is 1140 g/mol. The Kier molecular flexibility index (Phi) is 22.3. The second kappa shape index (κ2) is 28.4. The number of carbonyl (C=O) groups excluding carboxylic acids is 11. The average Bonchev–Trinajstić information content (AvgIpc) is 4.15. The van der Waals surface area contributed by atoms with Gasteiger partial charge in [-0.1, -0.05) is 46.1 Å². The molecule has 5 aliphatic rings. The van der Waals surface area contributed by atoms with Crippen LogP contribution in [0.25, 0.3) is 5.57 Å². The van der Waals surface area contributed by atoms with Crippen molar-refractivity contribution in [3.05, 3.63) is 34.2 Å². The molecule has 26 heteroatoms. The van der Waals surface area contributed by atoms with Crippen LogP contribution < -0.4 is 37.1 Å². The lowest BCUT2D eigenvalue weighted by Crippen LogP contribution is -2.56. The van der Waals surface area contributed by atoms with Crippen LogP contribution in [0.1, 0.15) is 103 Å². The molecule has 2 fully saturated rings. The van der Waals surface area contributed by atoms with Crippen LogP contribution >= 0.6 is 11.8 Å². The number of thioether (sulfide) groups is 1. The molecule has 434 valence electrons. The molecule has 1 aliphatic carbocycles. The van der Waals surface area contributed by atoms with Gasteiger partial charge in [0, 0.05) is 68.4 Å². The molecule has 0 aromatic heterocycles. The third-order valence-electron chi connectivity index (χ3n) is 15.4. The molecule has 2 saturated heterocycles. The Morgan fingerprint density at radius 3 is 2.23 bits per heavy atom. The number of Topliss-reactive ketones (excluding diaryl/α,β-unsaturated/α-hetero) is 2. The number of nitrogens with zero attached hydrogens (tertiary/aromatic N) is 2. The molecule has 10 N–H and O–H groups in total. The summed E-state index contributed by atoms with van der Waals surface area (Å²) in [5.41, 5.74) is 6.98. The SMILES string of the molecule is CC[C@H](C)[C@@H]1NC(=O)CNC(=O)[C@@H]2CC(=O)[C@H]([C@@H](C)[C@@H](O)CO)NC(=O)[C@@H]3C[C@@H](O)CN3C(=O)[C@H](CC(N)=O)CC(=O)[C@H](CS(=O)C3=C(C2)c2ccc(OCCCCCCN4C(=O)CC(SC)C4=O)cc2C3)NC(=O)CNC1=O. The summed E-state index contributed by atoms with van der Waals surface area (Å²) in [6.45, 7) is 2.68. The fourth-order valence-corrected chi connectivity index (χ4v) is 12.8. The number of fused-ring (bicyclic) bond motifs is 5. The van der Waals surface area contributed by atoms with Crippen LogP contribution in [0, 0.1) is 23.7 Å². The second-order valence-electron chi connectivity index (χ2n) is 21.1. The highest BCUT2D eigenvalue weighted by atomic mass is 32.2. The zero-order valence-electron chi connectivity index (χ0n) is 45.0. The normalized spacial score (nSPS) is 28.2. The molecule has 0 spiro atoms. The maximum Gasteiger partial charge on any atom is 0.243 e. The first-order valence-corrected chi connectivity index (χ1v) is 29.4. The number of aliphatic hydroxyl groups is 3. The summed E-state index contributed by atoms with van der Waals surface area (Å²) in [6.07, 6.45) is -0.806. The number of amides is 9. The Morgan fingerprint density at radius 1 is 0.861 bits per heavy atom. The number of benzene rings is 1. The van der Waals surface area contributed by atoms with Crippen molar-refractivity contribution in [1.82, 2.24) is 36.4 Å². The molecule has 6 rings (SSSR count). The molecule has 1 aromatic carbocycles. The van der Waals surface area contributed by atoms with Crippen molar-refractivity contribution in [1.29, 1.82) is 0 Å². The van der Waals surface area contributed by atoms with Gasteiger partial charge >= 0.3 is 0 Å². The van der Waals surface area contributed by atoms with E-state index in [1.54, 1.807) is 38.3 Å². The van der Waals surface area contributed by atoms with Gasteiger partial charge in [-0.25, -0.2) is 0 Å². The molecule has 2 bridgehead atoms. The molecular formula is C53H74N8O16S2. The minimum absolute atomic E-state index is 0.0493. The van der Waals surface area contributed by atoms with E-state index in [1.165, 1.54) is 23.6 Å². The van der Waals surface area contributed by atoms with Gasteiger partial charge in [0.05, 0.1) is 78.3 Å². The van der Waals surface area contributed by atoms with E-state index in [4.69, 9.17) is 10.5 Å². The number of nitrogens with one attached hydrogen (secondary N) is 5. The average molecular weight is 1140 g/mol. The Balaban J connectivity index is 1.40. The molecule has 1 aromatic rings. The van der Waals surface area contributed by atoms with Crippen molar-refractivity contribution in [2.75, 3.05) is 51.4 Å². The highest BCUT2D eigenvalue weighted by Crippen LogP contribution is 2.41. The standard InChI is InChI=1S/C53H74N8O16S2/c1-5-27(2)47-51(73)56-22-44(68)57-36-26-79(76)42-18-29-14-33(77-13-9-7-6-8-12-60-46(70)21-41(78-4)53(60)75)10-11-34(29)35(42)15-30(49(71)55-23-45(69)58-47)16-39(65)48(28(3)40(66)25-62)59-50(72)37-20-32(63)24-61(37)52(74)31(17-38(36)64)19-43(54)67/h10-11,14,27-28,30-32,36-37,40-41,47-48,62-63,66H,5-9,12-13,15-26H2,1-4H3,(H2,54,67)(H,55,71)(H,56,73)(H,57,68)(H,58,69)(H,59,72)/t27-,28-,30-,31-,32+,36-,37-,40-,41?,47-,48-,79?/m0/s1. The number of nitrogens with two attached hydrogens (primary N) is 1. The fourth-order valence-electron chi connectivity index (χ4n) is 10.6. The van der Waals surface area contributed by atoms with E-state index >= 15 is 4.21 Å². The number of primary amides is 1. The van der Waals surface area contributed by atoms with Gasteiger partial charge in [-0.15, -0.1) is 0 Å². The lowest BCUT2D eigenvalue weighted by atomic mass is 9.85. The number of likely N-dealkylation sites (tertiary alicyclic amines) is 1. The number of ether oxygens (including phenoxy) is 1. The van der Waals surface area contributed by atoms with E-state index in [0.717, 1.165) is 17.7 Å². The van der Waals surface area contributed by atoms with Crippen molar-refractivity contribution < 1.29 is 77.0 Å². The smallest absolute Gasteiger partial charge is 0.243 e. The summed E-state index contributed by atoms with van der Waals surface area (Å²) in [5.74, 6) is -13.3. The van der Waals surface area contributed by atoms with E-state index < -0.39 is 175 Å². The number of carbonyl (C=O) groups is 11. The number of ketones is 2. The minimum atomic E-state index is -2.23. The van der Waals surface area contributed by atoms with Gasteiger partial charge in [0.25, 0.3) is 0 Å². The summed E-state index contributed by atoms with van der Waals surface area (Å²) in [7, 11) is -2.23. The molecule has 79 heavy (non-hydrogen) atoms. The number of hydrogen-bond acceptors (Lipinski definition) is 17. The number of allylic oxidation sites excluding steroid dienone is 2. The molecule has 9 amide bonds. The van der Waals surface area contributed by atoms with Gasteiger partial charge in [0.15, 0.2) is 11.6 Å². The molecule has 12 atom stereocenters. The summed E-state index contributed by atoms with van der Waals surface area (Å²) >= 11 is 1.36. The number of hydrogen-bond donors (Lipinski definition) is 9. The second-order valence-corrected chi connectivity index (χ2v) is 23.6. The van der Waals surface area contributed by atoms with Crippen LogP contribution in [0.3, 0.4) is 0 Å². The van der Waals surface area contributed by atoms with Crippen molar-refractivity contribution in [2.24, 2.45) is 29.4 Å². The van der Waals surface area contributed by atoms with Gasteiger partial charge in [-0.05, 0) is 60.3 Å². The summed E-state index contributed by atoms with van der Waals surface area (Å²) in [6, 6.07) is -0.984. The van der Waals surface area contributed by atoms with Crippen LogP contribution in [0.2, 0.25) is 0 Å². The van der Waals surface area contributed by atoms with Crippen molar-refractivity contribution in [3.63, 3.8) is 0 Å². The van der Waals surface area contributed by atoms with Gasteiger partial charge in [-0.2, -0.15) is 11.8 Å². The van der Waals surface area contributed by atoms with Gasteiger partial charge in [-0.3, -0.25) is 61.8 Å². The molecule has 0 saturated carbocycles. The molecular weight excluding hydrogens is 1070 g/mol. The number of imide groups is 1. The van der Waals surface area contributed by atoms with Crippen LogP contribution in [-0.4, -0.2) is 187 Å². The predicted octanol–water partition coefficient (Wildman–Crippen LogP) is -1.74. The van der Waals surface area contributed by atoms with Crippen LogP contribution in [0.15, 0.2) is 23.1 Å².